The molecular weight excluding hydrogens is 328 g/mol. The highest BCUT2D eigenvalue weighted by Gasteiger charge is 2.18. The van der Waals surface area contributed by atoms with Crippen molar-refractivity contribution in [1.29, 1.82) is 0 Å². The first-order valence-corrected chi connectivity index (χ1v) is 7.74. The zero-order valence-corrected chi connectivity index (χ0v) is 14.0. The summed E-state index contributed by atoms with van der Waals surface area (Å²) in [6.45, 7) is 3.51. The van der Waals surface area contributed by atoms with Gasteiger partial charge in [0.1, 0.15) is 22.8 Å². The molecule has 2 aromatic rings. The number of aromatic nitrogens is 6. The predicted molar refractivity (Wildman–Crippen MR) is 91.9 cm³/mol. The lowest BCUT2D eigenvalue weighted by atomic mass is 9.99. The summed E-state index contributed by atoms with van der Waals surface area (Å²) in [5.41, 5.74) is 2.81. The van der Waals surface area contributed by atoms with Crippen molar-refractivity contribution in [3.05, 3.63) is 48.0 Å². The van der Waals surface area contributed by atoms with Gasteiger partial charge in [-0.2, -0.15) is 0 Å². The molecule has 0 unspecified atom stereocenters. The Morgan fingerprint density at radius 3 is 2.79 bits per heavy atom. The Labute approximate surface area is 143 Å². The number of H-pyrrole nitrogens is 2. The third kappa shape index (κ3) is 3.69. The quantitative estimate of drug-likeness (QED) is 0.485. The zero-order valence-electron chi connectivity index (χ0n) is 13.3. The molecular formula is C16H17ClN6O. The van der Waals surface area contributed by atoms with E-state index in [1.165, 1.54) is 6.33 Å². The number of nitrogens with zero attached hydrogens (tertiary/aromatic N) is 4. The molecule has 2 aliphatic rings. The van der Waals surface area contributed by atoms with Crippen molar-refractivity contribution in [3.8, 4) is 11.4 Å². The van der Waals surface area contributed by atoms with Crippen LogP contribution in [0.4, 0.5) is 0 Å². The van der Waals surface area contributed by atoms with E-state index in [4.69, 9.17) is 11.6 Å². The van der Waals surface area contributed by atoms with Gasteiger partial charge in [0.15, 0.2) is 0 Å². The summed E-state index contributed by atoms with van der Waals surface area (Å²) in [5, 5.41) is 11.0. The van der Waals surface area contributed by atoms with Gasteiger partial charge in [-0.25, -0.2) is 15.0 Å². The van der Waals surface area contributed by atoms with E-state index in [1.54, 1.807) is 32.6 Å². The smallest absolute Gasteiger partial charge is 0.142 e. The molecule has 24 heavy (non-hydrogen) atoms. The van der Waals surface area contributed by atoms with Crippen LogP contribution < -0.4 is 0 Å². The molecule has 4 rings (SSSR count). The maximum absolute atomic E-state index is 9.74. The van der Waals surface area contributed by atoms with Gasteiger partial charge in [-0.05, 0) is 25.5 Å². The average Bonchev–Trinajstić information content (AvgIpc) is 3.14. The fraction of sp³-hybridized carbons (Fsp3) is 0.250. The Kier molecular flexibility index (Phi) is 4.46. The van der Waals surface area contributed by atoms with Gasteiger partial charge in [-0.15, -0.1) is 0 Å². The lowest BCUT2D eigenvalue weighted by Crippen LogP contribution is -2.21. The maximum atomic E-state index is 9.74. The highest BCUT2D eigenvalue weighted by atomic mass is 35.5. The molecule has 3 N–H and O–H groups in total. The SMILES string of the molecule is CC(C)(O)Cc1c[nH]c2ncnc(Cl)c12.c1cc2[nH]cncc-2n1. The molecule has 0 amide bonds. The number of aromatic amines is 2. The van der Waals surface area contributed by atoms with Crippen LogP contribution in [0.3, 0.4) is 0 Å². The molecule has 7 nitrogen and oxygen atoms in total. The Bertz CT molecular complexity index is 883. The third-order valence-corrected chi connectivity index (χ3v) is 3.64. The molecule has 0 aromatic carbocycles. The summed E-state index contributed by atoms with van der Waals surface area (Å²) in [5.74, 6) is 0. The second kappa shape index (κ2) is 6.54. The van der Waals surface area contributed by atoms with Crippen LogP contribution in [0, 0.1) is 0 Å². The van der Waals surface area contributed by atoms with Crippen molar-refractivity contribution in [1.82, 2.24) is 29.9 Å². The van der Waals surface area contributed by atoms with Gasteiger partial charge in [-0.1, -0.05) is 11.6 Å². The summed E-state index contributed by atoms with van der Waals surface area (Å²) in [7, 11) is 0. The van der Waals surface area contributed by atoms with Gasteiger partial charge in [0.2, 0.25) is 0 Å². The molecule has 0 radical (unpaired) electrons. The van der Waals surface area contributed by atoms with Crippen molar-refractivity contribution in [2.24, 2.45) is 0 Å². The molecule has 124 valence electrons. The molecule has 2 aromatic heterocycles. The number of hydrogen-bond acceptors (Lipinski definition) is 5. The van der Waals surface area contributed by atoms with Crippen LogP contribution in [0.25, 0.3) is 22.4 Å². The molecule has 4 heterocycles. The van der Waals surface area contributed by atoms with E-state index in [9.17, 15) is 5.11 Å². The Morgan fingerprint density at radius 2 is 2.04 bits per heavy atom. The lowest BCUT2D eigenvalue weighted by Gasteiger charge is -2.15. The van der Waals surface area contributed by atoms with Gasteiger partial charge < -0.3 is 15.1 Å². The molecule has 2 aliphatic heterocycles. The lowest BCUT2D eigenvalue weighted by molar-refractivity contribution is 0.0813. The van der Waals surface area contributed by atoms with Crippen LogP contribution in [0.5, 0.6) is 0 Å². The first-order valence-electron chi connectivity index (χ1n) is 7.36. The normalized spacial score (nSPS) is 11.5. The summed E-state index contributed by atoms with van der Waals surface area (Å²) in [6.07, 6.45) is 8.86. The Hall–Kier alpha value is -2.51. The van der Waals surface area contributed by atoms with Gasteiger partial charge >= 0.3 is 0 Å². The third-order valence-electron chi connectivity index (χ3n) is 3.35. The molecule has 0 bridgehead atoms. The van der Waals surface area contributed by atoms with Crippen LogP contribution in [0.2, 0.25) is 5.15 Å². The van der Waals surface area contributed by atoms with E-state index in [2.05, 4.69) is 29.9 Å². The molecule has 0 spiro atoms. The fourth-order valence-corrected chi connectivity index (χ4v) is 2.63. The number of aliphatic hydroxyl groups is 1. The molecule has 0 saturated carbocycles. The number of nitrogens with one attached hydrogen (secondary N) is 2. The summed E-state index contributed by atoms with van der Waals surface area (Å²) >= 11 is 5.98. The number of halogens is 1. The van der Waals surface area contributed by atoms with Crippen molar-refractivity contribution in [2.75, 3.05) is 0 Å². The molecule has 0 saturated heterocycles. The standard InChI is InChI=1S/C10H12ClN3O.C6H5N3/c1-10(2,15)3-6-4-12-9-7(6)8(11)13-5-14-9;1-2-8-6-3-7-4-9-5(1)6/h4-5,15H,3H2,1-2H3,(H,12,13,14);1-4H,(H,7,9). The minimum Gasteiger partial charge on any atom is -0.390 e. The first-order chi connectivity index (χ1) is 11.4. The van der Waals surface area contributed by atoms with Gasteiger partial charge in [0, 0.05) is 18.8 Å². The average molecular weight is 345 g/mol. The number of fused-ring (bicyclic) bond motifs is 2. The molecule has 0 aliphatic carbocycles. The van der Waals surface area contributed by atoms with Crippen molar-refractivity contribution < 1.29 is 5.11 Å². The van der Waals surface area contributed by atoms with Gasteiger partial charge in [0.05, 0.1) is 29.2 Å². The second-order valence-corrected chi connectivity index (χ2v) is 6.34. The number of rotatable bonds is 2. The minimum atomic E-state index is -0.770. The predicted octanol–water partition coefficient (Wildman–Crippen LogP) is 2.83. The van der Waals surface area contributed by atoms with Crippen molar-refractivity contribution >= 4 is 22.6 Å². The maximum Gasteiger partial charge on any atom is 0.142 e. The van der Waals surface area contributed by atoms with Crippen LogP contribution in [-0.2, 0) is 6.42 Å². The van der Waals surface area contributed by atoms with Crippen molar-refractivity contribution in [2.45, 2.75) is 25.9 Å². The molecule has 0 fully saturated rings. The summed E-state index contributed by atoms with van der Waals surface area (Å²) in [6, 6.07) is 1.91. The van der Waals surface area contributed by atoms with E-state index in [0.717, 1.165) is 22.3 Å². The first kappa shape index (κ1) is 16.4. The topological polar surface area (TPSA) is 103 Å². The Morgan fingerprint density at radius 1 is 1.21 bits per heavy atom. The molecule has 8 heteroatoms. The minimum absolute atomic E-state index is 0.417. The summed E-state index contributed by atoms with van der Waals surface area (Å²) < 4.78 is 0. The van der Waals surface area contributed by atoms with Crippen LogP contribution in [0.15, 0.2) is 37.3 Å². The highest BCUT2D eigenvalue weighted by molar-refractivity contribution is 6.34. The van der Waals surface area contributed by atoms with E-state index < -0.39 is 5.60 Å². The van der Waals surface area contributed by atoms with Gasteiger partial charge in [0.25, 0.3) is 0 Å². The highest BCUT2D eigenvalue weighted by Crippen LogP contribution is 2.25. The monoisotopic (exact) mass is 344 g/mol. The van der Waals surface area contributed by atoms with E-state index in [1.807, 2.05) is 12.3 Å². The van der Waals surface area contributed by atoms with Crippen LogP contribution >= 0.6 is 11.6 Å². The van der Waals surface area contributed by atoms with Crippen LogP contribution in [0.1, 0.15) is 19.4 Å². The van der Waals surface area contributed by atoms with Gasteiger partial charge in [-0.3, -0.25) is 4.98 Å². The van der Waals surface area contributed by atoms with E-state index in [0.29, 0.717) is 17.2 Å². The van der Waals surface area contributed by atoms with E-state index in [-0.39, 0.29) is 0 Å². The van der Waals surface area contributed by atoms with Crippen molar-refractivity contribution in [3.63, 3.8) is 0 Å². The summed E-state index contributed by atoms with van der Waals surface area (Å²) in [4.78, 5) is 21.8. The fourth-order valence-electron chi connectivity index (χ4n) is 2.38. The zero-order chi connectivity index (χ0) is 17.2. The van der Waals surface area contributed by atoms with Crippen LogP contribution in [-0.4, -0.2) is 40.6 Å². The Balaban J connectivity index is 0.000000159. The second-order valence-electron chi connectivity index (χ2n) is 5.99. The number of hydrogen-bond donors (Lipinski definition) is 3. The van der Waals surface area contributed by atoms with E-state index >= 15 is 0 Å². The molecule has 0 atom stereocenters. The largest absolute Gasteiger partial charge is 0.390 e.